The maximum atomic E-state index is 12.6. The van der Waals surface area contributed by atoms with Crippen molar-refractivity contribution in [3.63, 3.8) is 0 Å². The Morgan fingerprint density at radius 2 is 1.84 bits per heavy atom. The van der Waals surface area contributed by atoms with E-state index in [1.807, 2.05) is 0 Å². The fourth-order valence-electron chi connectivity index (χ4n) is 1.82. The summed E-state index contributed by atoms with van der Waals surface area (Å²) in [5.74, 6) is -0.496. The molecule has 0 aliphatic carbocycles. The molecule has 0 saturated carbocycles. The van der Waals surface area contributed by atoms with E-state index in [9.17, 15) is 23.3 Å². The van der Waals surface area contributed by atoms with E-state index in [0.29, 0.717) is 12.3 Å². The van der Waals surface area contributed by atoms with Crippen molar-refractivity contribution in [1.29, 1.82) is 0 Å². The highest BCUT2D eigenvalue weighted by atomic mass is 35.5. The summed E-state index contributed by atoms with van der Waals surface area (Å²) in [7, 11) is 0. The average Bonchev–Trinajstić information content (AvgIpc) is 2.47. The van der Waals surface area contributed by atoms with Gasteiger partial charge in [-0.3, -0.25) is 10.1 Å². The van der Waals surface area contributed by atoms with E-state index in [1.165, 1.54) is 0 Å². The molecule has 134 valence electrons. The second kappa shape index (κ2) is 7.05. The number of anilines is 3. The van der Waals surface area contributed by atoms with E-state index < -0.39 is 22.4 Å². The number of hydrogen-bond acceptors (Lipinski definition) is 7. The standard InChI is InChI=1S/C13H12ClF3N6O2/c1-6(2)21-11-9(23(24)25)12(20-5-19-11)22-10-8(14)3-7(4-18-10)13(15,16)17/h3-6H,1-2H3,(H2,18,19,20,21,22). The first-order valence-electron chi connectivity index (χ1n) is 6.85. The van der Waals surface area contributed by atoms with Gasteiger partial charge in [-0.25, -0.2) is 15.0 Å². The lowest BCUT2D eigenvalue weighted by atomic mass is 10.2. The van der Waals surface area contributed by atoms with Crippen LogP contribution in [0.2, 0.25) is 5.02 Å². The molecule has 0 amide bonds. The third-order valence-electron chi connectivity index (χ3n) is 2.84. The van der Waals surface area contributed by atoms with Crippen LogP contribution in [0.15, 0.2) is 18.6 Å². The van der Waals surface area contributed by atoms with Crippen molar-refractivity contribution in [2.75, 3.05) is 10.6 Å². The first kappa shape index (κ1) is 18.6. The molecule has 0 aliphatic rings. The van der Waals surface area contributed by atoms with E-state index in [0.717, 1.165) is 6.33 Å². The number of aromatic nitrogens is 3. The Balaban J connectivity index is 2.42. The summed E-state index contributed by atoms with van der Waals surface area (Å²) in [5.41, 5.74) is -1.52. The van der Waals surface area contributed by atoms with Crippen molar-refractivity contribution in [3.8, 4) is 0 Å². The second-order valence-electron chi connectivity index (χ2n) is 5.15. The molecule has 2 rings (SSSR count). The number of alkyl halides is 3. The maximum Gasteiger partial charge on any atom is 0.417 e. The fraction of sp³-hybridized carbons (Fsp3) is 0.308. The Morgan fingerprint density at radius 3 is 2.36 bits per heavy atom. The summed E-state index contributed by atoms with van der Waals surface area (Å²) < 4.78 is 37.9. The normalized spacial score (nSPS) is 11.5. The van der Waals surface area contributed by atoms with Gasteiger partial charge in [0.1, 0.15) is 6.33 Å². The molecule has 2 aromatic heterocycles. The van der Waals surface area contributed by atoms with Crippen LogP contribution in [0.25, 0.3) is 0 Å². The van der Waals surface area contributed by atoms with Crippen molar-refractivity contribution in [1.82, 2.24) is 15.0 Å². The van der Waals surface area contributed by atoms with Crippen LogP contribution >= 0.6 is 11.6 Å². The summed E-state index contributed by atoms with van der Waals surface area (Å²) in [4.78, 5) is 21.7. The molecule has 0 spiro atoms. The molecule has 0 atom stereocenters. The summed E-state index contributed by atoms with van der Waals surface area (Å²) in [6, 6.07) is 0.520. The molecular formula is C13H12ClF3N6O2. The van der Waals surface area contributed by atoms with Gasteiger partial charge in [-0.15, -0.1) is 0 Å². The number of halogens is 4. The van der Waals surface area contributed by atoms with Crippen LogP contribution in [0.5, 0.6) is 0 Å². The Bertz CT molecular complexity index is 800. The summed E-state index contributed by atoms with van der Waals surface area (Å²) in [5, 5.41) is 16.2. The minimum absolute atomic E-state index is 0.0412. The molecular weight excluding hydrogens is 365 g/mol. The molecule has 0 saturated heterocycles. The zero-order valence-electron chi connectivity index (χ0n) is 12.9. The highest BCUT2D eigenvalue weighted by molar-refractivity contribution is 6.33. The molecule has 0 aromatic carbocycles. The Kier molecular flexibility index (Phi) is 5.26. The van der Waals surface area contributed by atoms with Gasteiger partial charge in [-0.1, -0.05) is 11.6 Å². The van der Waals surface area contributed by atoms with Crippen molar-refractivity contribution < 1.29 is 18.1 Å². The van der Waals surface area contributed by atoms with Crippen LogP contribution in [0.1, 0.15) is 19.4 Å². The van der Waals surface area contributed by atoms with Crippen LogP contribution in [0, 0.1) is 10.1 Å². The van der Waals surface area contributed by atoms with E-state index in [2.05, 4.69) is 25.6 Å². The summed E-state index contributed by atoms with van der Waals surface area (Å²) >= 11 is 5.79. The third-order valence-corrected chi connectivity index (χ3v) is 3.12. The molecule has 0 bridgehead atoms. The monoisotopic (exact) mass is 376 g/mol. The predicted molar refractivity (Wildman–Crippen MR) is 85.0 cm³/mol. The minimum atomic E-state index is -4.61. The zero-order chi connectivity index (χ0) is 18.8. The van der Waals surface area contributed by atoms with Crippen LogP contribution in [0.3, 0.4) is 0 Å². The summed E-state index contributed by atoms with van der Waals surface area (Å²) in [6.07, 6.45) is -2.98. The number of nitro groups is 1. The molecule has 0 unspecified atom stereocenters. The molecule has 2 N–H and O–H groups in total. The second-order valence-corrected chi connectivity index (χ2v) is 5.56. The summed E-state index contributed by atoms with van der Waals surface area (Å²) in [6.45, 7) is 3.51. The quantitative estimate of drug-likeness (QED) is 0.599. The molecule has 8 nitrogen and oxygen atoms in total. The number of nitrogens with one attached hydrogen (secondary N) is 2. The van der Waals surface area contributed by atoms with Gasteiger partial charge in [0.15, 0.2) is 5.82 Å². The zero-order valence-corrected chi connectivity index (χ0v) is 13.7. The largest absolute Gasteiger partial charge is 0.417 e. The van der Waals surface area contributed by atoms with Gasteiger partial charge in [0.05, 0.1) is 15.5 Å². The van der Waals surface area contributed by atoms with E-state index in [4.69, 9.17) is 11.6 Å². The van der Waals surface area contributed by atoms with Gasteiger partial charge in [-0.05, 0) is 19.9 Å². The molecule has 0 aliphatic heterocycles. The highest BCUT2D eigenvalue weighted by Gasteiger charge is 2.32. The van der Waals surface area contributed by atoms with Gasteiger partial charge < -0.3 is 10.6 Å². The van der Waals surface area contributed by atoms with Crippen LogP contribution in [-0.4, -0.2) is 25.9 Å². The topological polar surface area (TPSA) is 106 Å². The minimum Gasteiger partial charge on any atom is -0.362 e. The van der Waals surface area contributed by atoms with Gasteiger partial charge >= 0.3 is 11.9 Å². The highest BCUT2D eigenvalue weighted by Crippen LogP contribution is 2.35. The van der Waals surface area contributed by atoms with Gasteiger partial charge in [0.25, 0.3) is 0 Å². The van der Waals surface area contributed by atoms with Gasteiger partial charge in [0.2, 0.25) is 11.6 Å². The lowest BCUT2D eigenvalue weighted by Crippen LogP contribution is -2.14. The average molecular weight is 377 g/mol. The van der Waals surface area contributed by atoms with E-state index >= 15 is 0 Å². The molecule has 2 aromatic rings. The smallest absolute Gasteiger partial charge is 0.362 e. The first-order chi connectivity index (χ1) is 11.6. The van der Waals surface area contributed by atoms with E-state index in [-0.39, 0.29) is 28.5 Å². The molecule has 12 heteroatoms. The molecule has 25 heavy (non-hydrogen) atoms. The van der Waals surface area contributed by atoms with Crippen molar-refractivity contribution in [3.05, 3.63) is 39.3 Å². The van der Waals surface area contributed by atoms with Crippen LogP contribution in [-0.2, 0) is 6.18 Å². The Morgan fingerprint density at radius 1 is 1.20 bits per heavy atom. The maximum absolute atomic E-state index is 12.6. The van der Waals surface area contributed by atoms with Crippen LogP contribution < -0.4 is 10.6 Å². The fourth-order valence-corrected chi connectivity index (χ4v) is 2.03. The first-order valence-corrected chi connectivity index (χ1v) is 7.23. The lowest BCUT2D eigenvalue weighted by Gasteiger charge is -2.13. The SMILES string of the molecule is CC(C)Nc1ncnc(Nc2ncc(C(F)(F)F)cc2Cl)c1[N+](=O)[O-]. The number of nitrogens with zero attached hydrogens (tertiary/aromatic N) is 4. The van der Waals surface area contributed by atoms with Gasteiger partial charge in [-0.2, -0.15) is 13.2 Å². The van der Waals surface area contributed by atoms with Gasteiger partial charge in [0, 0.05) is 12.2 Å². The molecule has 0 radical (unpaired) electrons. The molecule has 0 fully saturated rings. The number of hydrogen-bond donors (Lipinski definition) is 2. The predicted octanol–water partition coefficient (Wildman–Crippen LogP) is 4.02. The Labute approximate surface area is 144 Å². The molecule has 2 heterocycles. The lowest BCUT2D eigenvalue weighted by molar-refractivity contribution is -0.383. The van der Waals surface area contributed by atoms with Crippen molar-refractivity contribution in [2.24, 2.45) is 0 Å². The number of rotatable bonds is 5. The Hall–Kier alpha value is -2.69. The number of pyridine rings is 1. The van der Waals surface area contributed by atoms with Crippen molar-refractivity contribution in [2.45, 2.75) is 26.1 Å². The van der Waals surface area contributed by atoms with E-state index in [1.54, 1.807) is 13.8 Å². The van der Waals surface area contributed by atoms with Crippen molar-refractivity contribution >= 4 is 34.7 Å². The van der Waals surface area contributed by atoms with Crippen LogP contribution in [0.4, 0.5) is 36.3 Å². The third kappa shape index (κ3) is 4.44.